The topological polar surface area (TPSA) is 44.5 Å². The second kappa shape index (κ2) is 2.69. The molecule has 74 valence electrons. The first-order valence-corrected chi connectivity index (χ1v) is 5.32. The van der Waals surface area contributed by atoms with Gasteiger partial charge in [0.2, 0.25) is 0 Å². The van der Waals surface area contributed by atoms with Crippen molar-refractivity contribution in [2.45, 2.75) is 25.0 Å². The van der Waals surface area contributed by atoms with E-state index in [2.05, 4.69) is 0 Å². The molecule has 1 spiro atoms. The smallest absolute Gasteiger partial charge is 0.171 e. The standard InChI is InChI=1S/C10H17NO2/c11-6-8-4-9-3-7(8)5-10(9)12-1-2-13-10/h7-9H,1-6,11H2/t7-,8?,9-/m1/s1. The molecule has 1 heterocycles. The first-order valence-electron chi connectivity index (χ1n) is 5.32. The molecule has 3 rings (SSSR count). The fraction of sp³-hybridized carbons (Fsp3) is 1.00. The lowest BCUT2D eigenvalue weighted by Crippen LogP contribution is -2.39. The number of nitrogens with two attached hydrogens (primary N) is 1. The summed E-state index contributed by atoms with van der Waals surface area (Å²) in [5.41, 5.74) is 5.73. The van der Waals surface area contributed by atoms with Crippen molar-refractivity contribution in [1.82, 2.24) is 0 Å². The van der Waals surface area contributed by atoms with Crippen LogP contribution < -0.4 is 5.73 Å². The van der Waals surface area contributed by atoms with Crippen LogP contribution in [0.1, 0.15) is 19.3 Å². The maximum Gasteiger partial charge on any atom is 0.171 e. The molecule has 1 aliphatic heterocycles. The van der Waals surface area contributed by atoms with E-state index in [0.29, 0.717) is 5.92 Å². The third-order valence-corrected chi connectivity index (χ3v) is 4.09. The van der Waals surface area contributed by atoms with Gasteiger partial charge in [-0.2, -0.15) is 0 Å². The summed E-state index contributed by atoms with van der Waals surface area (Å²) < 4.78 is 11.5. The van der Waals surface area contributed by atoms with Gasteiger partial charge >= 0.3 is 0 Å². The normalized spacial score (nSPS) is 46.4. The maximum atomic E-state index is 5.77. The van der Waals surface area contributed by atoms with Crippen LogP contribution in [-0.4, -0.2) is 25.5 Å². The van der Waals surface area contributed by atoms with Crippen molar-refractivity contribution in [2.75, 3.05) is 19.8 Å². The summed E-state index contributed by atoms with van der Waals surface area (Å²) >= 11 is 0. The van der Waals surface area contributed by atoms with E-state index >= 15 is 0 Å². The summed E-state index contributed by atoms with van der Waals surface area (Å²) in [7, 11) is 0. The highest BCUT2D eigenvalue weighted by Crippen LogP contribution is 2.56. The Labute approximate surface area is 78.6 Å². The molecule has 2 aliphatic carbocycles. The monoisotopic (exact) mass is 183 g/mol. The molecule has 0 radical (unpaired) electrons. The Morgan fingerprint density at radius 1 is 1.23 bits per heavy atom. The van der Waals surface area contributed by atoms with Gasteiger partial charge in [0.25, 0.3) is 0 Å². The minimum atomic E-state index is -0.170. The summed E-state index contributed by atoms with van der Waals surface area (Å²) in [4.78, 5) is 0. The molecule has 0 aromatic carbocycles. The predicted molar refractivity (Wildman–Crippen MR) is 48.0 cm³/mol. The first kappa shape index (κ1) is 8.21. The van der Waals surface area contributed by atoms with Gasteiger partial charge in [-0.15, -0.1) is 0 Å². The van der Waals surface area contributed by atoms with Gasteiger partial charge in [0.15, 0.2) is 5.79 Å². The largest absolute Gasteiger partial charge is 0.347 e. The molecule has 3 aliphatic rings. The molecule has 2 saturated carbocycles. The highest BCUT2D eigenvalue weighted by atomic mass is 16.7. The Morgan fingerprint density at radius 3 is 2.54 bits per heavy atom. The van der Waals surface area contributed by atoms with E-state index in [1.54, 1.807) is 0 Å². The van der Waals surface area contributed by atoms with Crippen molar-refractivity contribution in [3.8, 4) is 0 Å². The molecule has 3 fully saturated rings. The number of fused-ring (bicyclic) bond motifs is 3. The summed E-state index contributed by atoms with van der Waals surface area (Å²) in [5.74, 6) is 1.97. The van der Waals surface area contributed by atoms with Crippen LogP contribution >= 0.6 is 0 Å². The Balaban J connectivity index is 1.78. The average molecular weight is 183 g/mol. The van der Waals surface area contributed by atoms with Crippen molar-refractivity contribution in [3.63, 3.8) is 0 Å². The Hall–Kier alpha value is -0.120. The van der Waals surface area contributed by atoms with Crippen LogP contribution in [0, 0.1) is 17.8 Å². The molecule has 1 unspecified atom stereocenters. The zero-order valence-electron chi connectivity index (χ0n) is 7.87. The second-order valence-corrected chi connectivity index (χ2v) is 4.64. The molecule has 2 bridgehead atoms. The number of hydrogen-bond acceptors (Lipinski definition) is 3. The second-order valence-electron chi connectivity index (χ2n) is 4.64. The molecule has 3 heteroatoms. The van der Waals surface area contributed by atoms with E-state index < -0.39 is 0 Å². The minimum Gasteiger partial charge on any atom is -0.347 e. The Bertz CT molecular complexity index is 213. The van der Waals surface area contributed by atoms with Crippen molar-refractivity contribution >= 4 is 0 Å². The number of rotatable bonds is 1. The van der Waals surface area contributed by atoms with Crippen LogP contribution in [0.3, 0.4) is 0 Å². The van der Waals surface area contributed by atoms with Crippen LogP contribution in [0.2, 0.25) is 0 Å². The molecule has 0 aromatic heterocycles. The van der Waals surface area contributed by atoms with Crippen molar-refractivity contribution in [3.05, 3.63) is 0 Å². The highest BCUT2D eigenvalue weighted by Gasteiger charge is 2.57. The van der Waals surface area contributed by atoms with Crippen LogP contribution in [0.15, 0.2) is 0 Å². The van der Waals surface area contributed by atoms with Crippen molar-refractivity contribution in [2.24, 2.45) is 23.5 Å². The van der Waals surface area contributed by atoms with E-state index in [1.165, 1.54) is 12.8 Å². The lowest BCUT2D eigenvalue weighted by Gasteiger charge is -2.34. The molecule has 3 atom stereocenters. The van der Waals surface area contributed by atoms with Crippen LogP contribution in [0.25, 0.3) is 0 Å². The highest BCUT2D eigenvalue weighted by molar-refractivity contribution is 5.02. The summed E-state index contributed by atoms with van der Waals surface area (Å²) in [6, 6.07) is 0. The fourth-order valence-electron chi connectivity index (χ4n) is 3.47. The van der Waals surface area contributed by atoms with Gasteiger partial charge in [-0.25, -0.2) is 0 Å². The van der Waals surface area contributed by atoms with Gasteiger partial charge in [-0.3, -0.25) is 0 Å². The van der Waals surface area contributed by atoms with Gasteiger partial charge in [0.05, 0.1) is 13.2 Å². The number of ether oxygens (including phenoxy) is 2. The third kappa shape index (κ3) is 1.01. The van der Waals surface area contributed by atoms with E-state index in [9.17, 15) is 0 Å². The molecule has 1 saturated heterocycles. The van der Waals surface area contributed by atoms with Gasteiger partial charge in [-0.05, 0) is 31.2 Å². The van der Waals surface area contributed by atoms with Gasteiger partial charge in [0.1, 0.15) is 0 Å². The lowest BCUT2D eigenvalue weighted by atomic mass is 9.85. The molecule has 3 nitrogen and oxygen atoms in total. The molecule has 2 N–H and O–H groups in total. The summed E-state index contributed by atoms with van der Waals surface area (Å²) in [6.07, 6.45) is 3.60. The van der Waals surface area contributed by atoms with Gasteiger partial charge in [0, 0.05) is 12.3 Å². The molecular formula is C10H17NO2. The van der Waals surface area contributed by atoms with Crippen LogP contribution in [0.4, 0.5) is 0 Å². The van der Waals surface area contributed by atoms with E-state index in [1.807, 2.05) is 0 Å². The zero-order chi connectivity index (χ0) is 8.89. The average Bonchev–Trinajstić information content (AvgIpc) is 2.80. The fourth-order valence-corrected chi connectivity index (χ4v) is 3.47. The minimum absolute atomic E-state index is 0.170. The summed E-state index contributed by atoms with van der Waals surface area (Å²) in [5, 5.41) is 0. The van der Waals surface area contributed by atoms with E-state index in [0.717, 1.165) is 38.0 Å². The summed E-state index contributed by atoms with van der Waals surface area (Å²) in [6.45, 7) is 2.42. The maximum absolute atomic E-state index is 5.77. The molecule has 13 heavy (non-hydrogen) atoms. The predicted octanol–water partition coefficient (Wildman–Crippen LogP) is 0.734. The zero-order valence-corrected chi connectivity index (χ0v) is 7.87. The number of hydrogen-bond donors (Lipinski definition) is 1. The Kier molecular flexibility index (Phi) is 1.70. The lowest BCUT2D eigenvalue weighted by molar-refractivity contribution is -0.194. The van der Waals surface area contributed by atoms with Crippen molar-refractivity contribution < 1.29 is 9.47 Å². The van der Waals surface area contributed by atoms with Crippen LogP contribution in [0.5, 0.6) is 0 Å². The third-order valence-electron chi connectivity index (χ3n) is 4.09. The van der Waals surface area contributed by atoms with Crippen molar-refractivity contribution in [1.29, 1.82) is 0 Å². The first-order chi connectivity index (χ1) is 6.34. The SMILES string of the molecule is NCC1C[C@H]2C[C@@H]1CC21OCCO1. The quantitative estimate of drug-likeness (QED) is 0.652. The Morgan fingerprint density at radius 2 is 2.00 bits per heavy atom. The van der Waals surface area contributed by atoms with Gasteiger partial charge < -0.3 is 15.2 Å². The molecule has 0 aromatic rings. The molecular weight excluding hydrogens is 166 g/mol. The molecule has 0 amide bonds. The van der Waals surface area contributed by atoms with E-state index in [4.69, 9.17) is 15.2 Å². The van der Waals surface area contributed by atoms with E-state index in [-0.39, 0.29) is 5.79 Å². The van der Waals surface area contributed by atoms with Gasteiger partial charge in [-0.1, -0.05) is 0 Å². The van der Waals surface area contributed by atoms with Crippen LogP contribution in [-0.2, 0) is 9.47 Å².